The fraction of sp³-hybridized carbons (Fsp3) is 0.571. The molecule has 1 aromatic rings. The number of carbonyl (C=O) groups excluding carboxylic acids is 1. The topological polar surface area (TPSA) is 79.5 Å². The quantitative estimate of drug-likeness (QED) is 0.880. The molecule has 19 heavy (non-hydrogen) atoms. The van der Waals surface area contributed by atoms with E-state index < -0.39 is 5.97 Å². The van der Waals surface area contributed by atoms with Crippen molar-refractivity contribution in [3.8, 4) is 0 Å². The highest BCUT2D eigenvalue weighted by atomic mass is 16.4. The van der Waals surface area contributed by atoms with Crippen LogP contribution in [0.2, 0.25) is 0 Å². The minimum Gasteiger partial charge on any atom is -0.478 e. The summed E-state index contributed by atoms with van der Waals surface area (Å²) in [5.41, 5.74) is 0.00261. The SMILES string of the molecule is O=C(O)c1coc(C(=O)NC2CCCCCCC2)c1. The Morgan fingerprint density at radius 2 is 1.79 bits per heavy atom. The summed E-state index contributed by atoms with van der Waals surface area (Å²) in [6.07, 6.45) is 9.03. The zero-order valence-electron chi connectivity index (χ0n) is 10.9. The minimum atomic E-state index is -1.09. The van der Waals surface area contributed by atoms with Crippen molar-refractivity contribution >= 4 is 11.9 Å². The zero-order chi connectivity index (χ0) is 13.7. The van der Waals surface area contributed by atoms with Gasteiger partial charge in [0.15, 0.2) is 5.76 Å². The minimum absolute atomic E-state index is 0.00261. The van der Waals surface area contributed by atoms with E-state index in [1.807, 2.05) is 0 Å². The first kappa shape index (κ1) is 13.6. The molecule has 0 unspecified atom stereocenters. The van der Waals surface area contributed by atoms with E-state index in [0.717, 1.165) is 31.9 Å². The molecule has 0 aromatic carbocycles. The highest BCUT2D eigenvalue weighted by Gasteiger charge is 2.18. The first-order chi connectivity index (χ1) is 9.16. The number of carbonyl (C=O) groups is 2. The third kappa shape index (κ3) is 3.84. The molecule has 5 heteroatoms. The molecular weight excluding hydrogens is 246 g/mol. The monoisotopic (exact) mass is 265 g/mol. The van der Waals surface area contributed by atoms with Gasteiger partial charge in [0.05, 0.1) is 5.56 Å². The second-order valence-corrected chi connectivity index (χ2v) is 5.02. The lowest BCUT2D eigenvalue weighted by Crippen LogP contribution is -2.35. The van der Waals surface area contributed by atoms with Gasteiger partial charge in [-0.05, 0) is 12.8 Å². The number of carboxylic acid groups (broad SMARTS) is 1. The predicted octanol–water partition coefficient (Wildman–Crippen LogP) is 2.82. The second kappa shape index (κ2) is 6.41. The number of hydrogen-bond acceptors (Lipinski definition) is 3. The highest BCUT2D eigenvalue weighted by molar-refractivity contribution is 5.95. The molecule has 0 saturated heterocycles. The van der Waals surface area contributed by atoms with Crippen LogP contribution in [-0.2, 0) is 0 Å². The average molecular weight is 265 g/mol. The van der Waals surface area contributed by atoms with Crippen LogP contribution in [0.25, 0.3) is 0 Å². The van der Waals surface area contributed by atoms with E-state index in [4.69, 9.17) is 9.52 Å². The predicted molar refractivity (Wildman–Crippen MR) is 69.2 cm³/mol. The van der Waals surface area contributed by atoms with Gasteiger partial charge in [0.2, 0.25) is 0 Å². The zero-order valence-corrected chi connectivity index (χ0v) is 10.9. The van der Waals surface area contributed by atoms with Gasteiger partial charge < -0.3 is 14.8 Å². The Morgan fingerprint density at radius 3 is 2.37 bits per heavy atom. The Kier molecular flexibility index (Phi) is 4.60. The lowest BCUT2D eigenvalue weighted by atomic mass is 9.96. The molecular formula is C14H19NO4. The van der Waals surface area contributed by atoms with Crippen molar-refractivity contribution in [2.45, 2.75) is 51.0 Å². The third-order valence-corrected chi connectivity index (χ3v) is 3.51. The first-order valence-corrected chi connectivity index (χ1v) is 6.79. The maximum atomic E-state index is 11.9. The summed E-state index contributed by atoms with van der Waals surface area (Å²) >= 11 is 0. The van der Waals surface area contributed by atoms with Gasteiger partial charge in [-0.1, -0.05) is 32.1 Å². The Balaban J connectivity index is 1.93. The first-order valence-electron chi connectivity index (χ1n) is 6.79. The van der Waals surface area contributed by atoms with E-state index >= 15 is 0 Å². The van der Waals surface area contributed by atoms with Crippen molar-refractivity contribution in [1.29, 1.82) is 0 Å². The summed E-state index contributed by atoms with van der Waals surface area (Å²) in [6.45, 7) is 0. The molecule has 0 bridgehead atoms. The van der Waals surface area contributed by atoms with E-state index in [-0.39, 0.29) is 23.3 Å². The molecule has 1 aliphatic carbocycles. The molecule has 0 aliphatic heterocycles. The second-order valence-electron chi connectivity index (χ2n) is 5.02. The number of furan rings is 1. The number of nitrogens with one attached hydrogen (secondary N) is 1. The number of carboxylic acids is 1. The molecule has 0 spiro atoms. The van der Waals surface area contributed by atoms with Gasteiger partial charge in [-0.2, -0.15) is 0 Å². The van der Waals surface area contributed by atoms with Gasteiger partial charge >= 0.3 is 5.97 Å². The summed E-state index contributed by atoms with van der Waals surface area (Å²) in [4.78, 5) is 22.7. The molecule has 1 amide bonds. The Bertz CT molecular complexity index is 444. The molecule has 1 saturated carbocycles. The van der Waals surface area contributed by atoms with Gasteiger partial charge in [0.1, 0.15) is 6.26 Å². The van der Waals surface area contributed by atoms with Crippen LogP contribution >= 0.6 is 0 Å². The average Bonchev–Trinajstić information content (AvgIpc) is 2.82. The molecule has 104 valence electrons. The van der Waals surface area contributed by atoms with Gasteiger partial charge in [-0.15, -0.1) is 0 Å². The molecule has 5 nitrogen and oxygen atoms in total. The van der Waals surface area contributed by atoms with E-state index in [1.165, 1.54) is 25.3 Å². The molecule has 1 fully saturated rings. The standard InChI is InChI=1S/C14H19NO4/c16-13(12-8-10(9-19-12)14(17)18)15-11-6-4-2-1-3-5-7-11/h8-9,11H,1-7H2,(H,15,16)(H,17,18). The van der Waals surface area contributed by atoms with Crippen LogP contribution in [0.3, 0.4) is 0 Å². The summed E-state index contributed by atoms with van der Waals surface area (Å²) < 4.78 is 4.99. The highest BCUT2D eigenvalue weighted by Crippen LogP contribution is 2.18. The van der Waals surface area contributed by atoms with E-state index in [2.05, 4.69) is 5.32 Å². The van der Waals surface area contributed by atoms with Gasteiger partial charge in [0, 0.05) is 12.1 Å². The number of hydrogen-bond donors (Lipinski definition) is 2. The van der Waals surface area contributed by atoms with E-state index in [9.17, 15) is 9.59 Å². The number of amides is 1. The molecule has 1 aromatic heterocycles. The third-order valence-electron chi connectivity index (χ3n) is 3.51. The fourth-order valence-corrected chi connectivity index (χ4v) is 2.42. The Labute approximate surface area is 112 Å². The van der Waals surface area contributed by atoms with Crippen LogP contribution < -0.4 is 5.32 Å². The largest absolute Gasteiger partial charge is 0.478 e. The van der Waals surface area contributed by atoms with Gasteiger partial charge in [-0.3, -0.25) is 4.79 Å². The Hall–Kier alpha value is -1.78. The molecule has 1 aliphatic rings. The van der Waals surface area contributed by atoms with Crippen molar-refractivity contribution in [3.05, 3.63) is 23.7 Å². The van der Waals surface area contributed by atoms with Gasteiger partial charge in [0.25, 0.3) is 5.91 Å². The van der Waals surface area contributed by atoms with E-state index in [0.29, 0.717) is 0 Å². The lowest BCUT2D eigenvalue weighted by Gasteiger charge is -2.20. The van der Waals surface area contributed by atoms with Crippen LogP contribution in [0.15, 0.2) is 16.7 Å². The lowest BCUT2D eigenvalue weighted by molar-refractivity contribution is 0.0695. The molecule has 2 N–H and O–H groups in total. The number of rotatable bonds is 3. The summed E-state index contributed by atoms with van der Waals surface area (Å²) in [7, 11) is 0. The van der Waals surface area contributed by atoms with Crippen molar-refractivity contribution in [2.24, 2.45) is 0 Å². The van der Waals surface area contributed by atoms with E-state index in [1.54, 1.807) is 0 Å². The van der Waals surface area contributed by atoms with Crippen LogP contribution in [0.5, 0.6) is 0 Å². The molecule has 1 heterocycles. The van der Waals surface area contributed by atoms with Crippen molar-refractivity contribution in [1.82, 2.24) is 5.32 Å². The van der Waals surface area contributed by atoms with Crippen LogP contribution in [0.4, 0.5) is 0 Å². The van der Waals surface area contributed by atoms with Crippen molar-refractivity contribution < 1.29 is 19.1 Å². The molecule has 2 rings (SSSR count). The number of aromatic carboxylic acids is 1. The summed E-state index contributed by atoms with van der Waals surface area (Å²) in [5.74, 6) is -1.34. The van der Waals surface area contributed by atoms with Gasteiger partial charge in [-0.25, -0.2) is 4.79 Å². The maximum absolute atomic E-state index is 11.9. The fourth-order valence-electron chi connectivity index (χ4n) is 2.42. The van der Waals surface area contributed by atoms with Crippen LogP contribution in [0, 0.1) is 0 Å². The van der Waals surface area contributed by atoms with Crippen LogP contribution in [0.1, 0.15) is 65.9 Å². The molecule has 0 atom stereocenters. The maximum Gasteiger partial charge on any atom is 0.338 e. The Morgan fingerprint density at radius 1 is 1.16 bits per heavy atom. The van der Waals surface area contributed by atoms with Crippen molar-refractivity contribution in [2.75, 3.05) is 0 Å². The summed E-state index contributed by atoms with van der Waals surface area (Å²) in [6, 6.07) is 1.44. The normalized spacial score (nSPS) is 17.5. The summed E-state index contributed by atoms with van der Waals surface area (Å²) in [5, 5.41) is 11.7. The van der Waals surface area contributed by atoms with Crippen LogP contribution in [-0.4, -0.2) is 23.0 Å². The molecule has 0 radical (unpaired) electrons. The van der Waals surface area contributed by atoms with Crippen molar-refractivity contribution in [3.63, 3.8) is 0 Å². The smallest absolute Gasteiger partial charge is 0.338 e.